The van der Waals surface area contributed by atoms with Gasteiger partial charge in [-0.25, -0.2) is 0 Å². The van der Waals surface area contributed by atoms with Gasteiger partial charge in [-0.2, -0.15) is 0 Å². The second-order valence-electron chi connectivity index (χ2n) is 3.84. The number of nitrogens with two attached hydrogens (primary N) is 1. The van der Waals surface area contributed by atoms with E-state index in [2.05, 4.69) is 37.5 Å². The van der Waals surface area contributed by atoms with E-state index in [-0.39, 0.29) is 6.04 Å². The fourth-order valence-electron chi connectivity index (χ4n) is 1.56. The summed E-state index contributed by atoms with van der Waals surface area (Å²) in [6.07, 6.45) is 0.884. The Bertz CT molecular complexity index is 312. The summed E-state index contributed by atoms with van der Waals surface area (Å²) in [6.45, 7) is 4.93. The van der Waals surface area contributed by atoms with E-state index in [1.54, 1.807) is 7.11 Å². The first-order valence-electron chi connectivity index (χ1n) is 5.21. The average Bonchev–Trinajstić information content (AvgIpc) is 2.24. The molecule has 1 unspecified atom stereocenters. The lowest BCUT2D eigenvalue weighted by atomic mass is 10.00. The van der Waals surface area contributed by atoms with Gasteiger partial charge in [0.2, 0.25) is 0 Å². The van der Waals surface area contributed by atoms with Crippen molar-refractivity contribution in [1.82, 2.24) is 5.43 Å². The second-order valence-corrected chi connectivity index (χ2v) is 3.84. The van der Waals surface area contributed by atoms with Gasteiger partial charge < -0.3 is 4.74 Å². The van der Waals surface area contributed by atoms with Crippen LogP contribution in [0, 0.1) is 13.8 Å². The molecule has 0 bridgehead atoms. The lowest BCUT2D eigenvalue weighted by Crippen LogP contribution is -2.29. The standard InChI is InChI=1S/C12H20N2O/c1-9-4-5-11(8-10(9)2)12(14-13)6-7-15-3/h4-5,8,12,14H,6-7,13H2,1-3H3. The zero-order chi connectivity index (χ0) is 11.3. The number of hydrogen-bond donors (Lipinski definition) is 2. The largest absolute Gasteiger partial charge is 0.385 e. The fourth-order valence-corrected chi connectivity index (χ4v) is 1.56. The first kappa shape index (κ1) is 12.2. The molecule has 0 aromatic heterocycles. The normalized spacial score (nSPS) is 12.8. The first-order chi connectivity index (χ1) is 7.19. The van der Waals surface area contributed by atoms with E-state index in [1.165, 1.54) is 16.7 Å². The zero-order valence-corrected chi connectivity index (χ0v) is 9.71. The van der Waals surface area contributed by atoms with E-state index in [1.807, 2.05) is 0 Å². The fraction of sp³-hybridized carbons (Fsp3) is 0.500. The second kappa shape index (κ2) is 5.85. The number of rotatable bonds is 5. The van der Waals surface area contributed by atoms with Crippen molar-refractivity contribution in [2.45, 2.75) is 26.3 Å². The molecule has 0 fully saturated rings. The van der Waals surface area contributed by atoms with Crippen LogP contribution >= 0.6 is 0 Å². The third-order valence-corrected chi connectivity index (χ3v) is 2.75. The molecule has 15 heavy (non-hydrogen) atoms. The van der Waals surface area contributed by atoms with Gasteiger partial charge >= 0.3 is 0 Å². The molecule has 0 radical (unpaired) electrons. The van der Waals surface area contributed by atoms with Crippen molar-refractivity contribution < 1.29 is 4.74 Å². The Balaban J connectivity index is 2.78. The highest BCUT2D eigenvalue weighted by atomic mass is 16.5. The SMILES string of the molecule is COCCC(NN)c1ccc(C)c(C)c1. The van der Waals surface area contributed by atoms with Crippen molar-refractivity contribution in [2.75, 3.05) is 13.7 Å². The van der Waals surface area contributed by atoms with E-state index in [0.29, 0.717) is 6.61 Å². The van der Waals surface area contributed by atoms with Crippen LogP contribution in [0.4, 0.5) is 0 Å². The van der Waals surface area contributed by atoms with Crippen molar-refractivity contribution in [3.05, 3.63) is 34.9 Å². The maximum atomic E-state index is 5.53. The number of nitrogens with one attached hydrogen (secondary N) is 1. The van der Waals surface area contributed by atoms with Crippen LogP contribution < -0.4 is 11.3 Å². The van der Waals surface area contributed by atoms with Crippen molar-refractivity contribution in [3.63, 3.8) is 0 Å². The van der Waals surface area contributed by atoms with Crippen LogP contribution in [0.1, 0.15) is 29.2 Å². The minimum absolute atomic E-state index is 0.171. The molecule has 84 valence electrons. The third-order valence-electron chi connectivity index (χ3n) is 2.75. The summed E-state index contributed by atoms with van der Waals surface area (Å²) < 4.78 is 5.05. The number of ether oxygens (including phenoxy) is 1. The summed E-state index contributed by atoms with van der Waals surface area (Å²) in [5, 5.41) is 0. The molecule has 0 saturated heterocycles. The van der Waals surface area contributed by atoms with Gasteiger partial charge in [-0.1, -0.05) is 18.2 Å². The lowest BCUT2D eigenvalue weighted by molar-refractivity contribution is 0.183. The molecule has 0 saturated carbocycles. The smallest absolute Gasteiger partial charge is 0.0482 e. The minimum atomic E-state index is 0.171. The molecular weight excluding hydrogens is 188 g/mol. The van der Waals surface area contributed by atoms with Crippen LogP contribution in [0.5, 0.6) is 0 Å². The van der Waals surface area contributed by atoms with Crippen LogP contribution in [-0.2, 0) is 4.74 Å². The Morgan fingerprint density at radius 3 is 2.60 bits per heavy atom. The summed E-state index contributed by atoms with van der Waals surface area (Å²) in [6, 6.07) is 6.59. The van der Waals surface area contributed by atoms with Crippen molar-refractivity contribution in [2.24, 2.45) is 5.84 Å². The molecule has 1 aromatic carbocycles. The quantitative estimate of drug-likeness (QED) is 0.573. The predicted octanol–water partition coefficient (Wildman–Crippen LogP) is 1.84. The van der Waals surface area contributed by atoms with Gasteiger partial charge in [0.05, 0.1) is 0 Å². The van der Waals surface area contributed by atoms with E-state index in [0.717, 1.165) is 6.42 Å². The van der Waals surface area contributed by atoms with E-state index >= 15 is 0 Å². The summed E-state index contributed by atoms with van der Waals surface area (Å²) >= 11 is 0. The summed E-state index contributed by atoms with van der Waals surface area (Å²) in [5.74, 6) is 5.53. The Morgan fingerprint density at radius 1 is 1.33 bits per heavy atom. The van der Waals surface area contributed by atoms with Gasteiger partial charge in [0.1, 0.15) is 0 Å². The van der Waals surface area contributed by atoms with Crippen molar-refractivity contribution >= 4 is 0 Å². The van der Waals surface area contributed by atoms with Crippen LogP contribution in [0.25, 0.3) is 0 Å². The highest BCUT2D eigenvalue weighted by molar-refractivity contribution is 5.31. The van der Waals surface area contributed by atoms with Gasteiger partial charge in [0.25, 0.3) is 0 Å². The molecule has 3 heteroatoms. The number of hydrogen-bond acceptors (Lipinski definition) is 3. The Labute approximate surface area is 91.6 Å². The molecule has 0 aliphatic heterocycles. The van der Waals surface area contributed by atoms with Crippen LogP contribution in [0.2, 0.25) is 0 Å². The molecule has 0 spiro atoms. The molecule has 3 N–H and O–H groups in total. The van der Waals surface area contributed by atoms with Gasteiger partial charge in [-0.15, -0.1) is 0 Å². The monoisotopic (exact) mass is 208 g/mol. The average molecular weight is 208 g/mol. The van der Waals surface area contributed by atoms with Gasteiger partial charge in [0, 0.05) is 19.8 Å². The van der Waals surface area contributed by atoms with Crippen molar-refractivity contribution in [3.8, 4) is 0 Å². The van der Waals surface area contributed by atoms with Crippen LogP contribution in [0.15, 0.2) is 18.2 Å². The topological polar surface area (TPSA) is 47.3 Å². The minimum Gasteiger partial charge on any atom is -0.385 e. The summed E-state index contributed by atoms with van der Waals surface area (Å²) in [7, 11) is 1.70. The molecule has 3 nitrogen and oxygen atoms in total. The summed E-state index contributed by atoms with van der Waals surface area (Å²) in [5.41, 5.74) is 6.64. The van der Waals surface area contributed by atoms with Crippen LogP contribution in [0.3, 0.4) is 0 Å². The Kier molecular flexibility index (Phi) is 4.75. The van der Waals surface area contributed by atoms with E-state index < -0.39 is 0 Å². The van der Waals surface area contributed by atoms with E-state index in [4.69, 9.17) is 10.6 Å². The lowest BCUT2D eigenvalue weighted by Gasteiger charge is -2.17. The number of hydrazine groups is 1. The number of aryl methyl sites for hydroxylation is 2. The molecule has 0 aliphatic rings. The van der Waals surface area contributed by atoms with Gasteiger partial charge in [0.15, 0.2) is 0 Å². The molecular formula is C12H20N2O. The molecule has 1 atom stereocenters. The highest BCUT2D eigenvalue weighted by Crippen LogP contribution is 2.19. The first-order valence-corrected chi connectivity index (χ1v) is 5.21. The molecule has 0 amide bonds. The van der Waals surface area contributed by atoms with Gasteiger partial charge in [-0.3, -0.25) is 11.3 Å². The van der Waals surface area contributed by atoms with Gasteiger partial charge in [-0.05, 0) is 37.0 Å². The van der Waals surface area contributed by atoms with Crippen LogP contribution in [-0.4, -0.2) is 13.7 Å². The maximum absolute atomic E-state index is 5.53. The predicted molar refractivity (Wildman–Crippen MR) is 62.5 cm³/mol. The van der Waals surface area contributed by atoms with Crippen molar-refractivity contribution in [1.29, 1.82) is 0 Å². The summed E-state index contributed by atoms with van der Waals surface area (Å²) in [4.78, 5) is 0. The Hall–Kier alpha value is -0.900. The molecule has 1 aromatic rings. The Morgan fingerprint density at radius 2 is 2.07 bits per heavy atom. The molecule has 0 aliphatic carbocycles. The third kappa shape index (κ3) is 3.30. The zero-order valence-electron chi connectivity index (χ0n) is 9.71. The highest BCUT2D eigenvalue weighted by Gasteiger charge is 2.09. The molecule has 1 rings (SSSR count). The number of benzene rings is 1. The maximum Gasteiger partial charge on any atom is 0.0482 e. The van der Waals surface area contributed by atoms with E-state index in [9.17, 15) is 0 Å². The number of methoxy groups -OCH3 is 1. The molecule has 0 heterocycles.